The SMILES string of the molecule is O=C(C[C@@H](Nc1ccc(Cl)cc1C(=O)c1ccccc1)C(=O)OCC(=O)c1cccs1)c1ccccc1. The van der Waals surface area contributed by atoms with Gasteiger partial charge in [-0.2, -0.15) is 0 Å². The normalized spacial score (nSPS) is 11.4. The Morgan fingerprint density at radius 1 is 0.811 bits per heavy atom. The minimum Gasteiger partial charge on any atom is -0.456 e. The lowest BCUT2D eigenvalue weighted by atomic mass is 9.99. The van der Waals surface area contributed by atoms with E-state index in [-0.39, 0.29) is 29.3 Å². The summed E-state index contributed by atoms with van der Waals surface area (Å²) in [5, 5.41) is 5.09. The zero-order valence-electron chi connectivity index (χ0n) is 19.6. The van der Waals surface area contributed by atoms with Crippen LogP contribution in [0.3, 0.4) is 0 Å². The second kappa shape index (κ2) is 12.3. The van der Waals surface area contributed by atoms with Crippen LogP contribution in [0.1, 0.15) is 42.4 Å². The van der Waals surface area contributed by atoms with Crippen LogP contribution in [-0.2, 0) is 9.53 Å². The smallest absolute Gasteiger partial charge is 0.329 e. The molecule has 0 aliphatic carbocycles. The molecule has 4 rings (SSSR count). The quantitative estimate of drug-likeness (QED) is 0.185. The summed E-state index contributed by atoms with van der Waals surface area (Å²) in [7, 11) is 0. The van der Waals surface area contributed by atoms with Crippen LogP contribution in [0, 0.1) is 0 Å². The monoisotopic (exact) mass is 531 g/mol. The van der Waals surface area contributed by atoms with Gasteiger partial charge in [0, 0.05) is 33.8 Å². The van der Waals surface area contributed by atoms with E-state index in [9.17, 15) is 19.2 Å². The van der Waals surface area contributed by atoms with Gasteiger partial charge in [-0.05, 0) is 29.6 Å². The Hall–Kier alpha value is -4.07. The molecular formula is C29H22ClNO5S. The predicted octanol–water partition coefficient (Wildman–Crippen LogP) is 6.11. The van der Waals surface area contributed by atoms with Gasteiger partial charge >= 0.3 is 5.97 Å². The van der Waals surface area contributed by atoms with Crippen molar-refractivity contribution in [3.05, 3.63) is 123 Å². The van der Waals surface area contributed by atoms with Gasteiger partial charge in [0.1, 0.15) is 6.04 Å². The molecule has 0 saturated heterocycles. The molecule has 1 atom stereocenters. The highest BCUT2D eigenvalue weighted by molar-refractivity contribution is 7.12. The molecule has 0 bridgehead atoms. The third-order valence-corrected chi connectivity index (χ3v) is 6.65. The maximum absolute atomic E-state index is 13.2. The third kappa shape index (κ3) is 6.78. The standard InChI is InChI=1S/C29H22ClNO5S/c30-21-13-14-23(22(16-21)28(34)20-10-5-2-6-11-20)31-24(17-25(32)19-8-3-1-4-9-19)29(35)36-18-26(33)27-12-7-15-37-27/h1-16,24,31H,17-18H2/t24-/m1/s1. The summed E-state index contributed by atoms with van der Waals surface area (Å²) < 4.78 is 5.30. The molecule has 0 aliphatic rings. The maximum Gasteiger partial charge on any atom is 0.329 e. The zero-order chi connectivity index (χ0) is 26.2. The van der Waals surface area contributed by atoms with Crippen molar-refractivity contribution in [2.24, 2.45) is 0 Å². The van der Waals surface area contributed by atoms with Crippen molar-refractivity contribution >= 4 is 51.9 Å². The fraction of sp³-hybridized carbons (Fsp3) is 0.103. The van der Waals surface area contributed by atoms with E-state index < -0.39 is 18.6 Å². The lowest BCUT2D eigenvalue weighted by Gasteiger charge is -2.20. The van der Waals surface area contributed by atoms with Gasteiger partial charge in [-0.3, -0.25) is 14.4 Å². The van der Waals surface area contributed by atoms with Crippen molar-refractivity contribution in [1.82, 2.24) is 0 Å². The van der Waals surface area contributed by atoms with Crippen LogP contribution in [0.15, 0.2) is 96.4 Å². The van der Waals surface area contributed by atoms with E-state index >= 15 is 0 Å². The topological polar surface area (TPSA) is 89.5 Å². The molecule has 0 aliphatic heterocycles. The summed E-state index contributed by atoms with van der Waals surface area (Å²) in [6.07, 6.45) is -0.252. The van der Waals surface area contributed by atoms with Crippen molar-refractivity contribution in [3.8, 4) is 0 Å². The minimum atomic E-state index is -1.16. The van der Waals surface area contributed by atoms with Gasteiger partial charge in [0.05, 0.1) is 4.88 Å². The number of benzene rings is 3. The number of anilines is 1. The van der Waals surface area contributed by atoms with Crippen LogP contribution in [0.2, 0.25) is 5.02 Å². The number of Topliss-reactive ketones (excluding diaryl/α,β-unsaturated/α-hetero) is 2. The average Bonchev–Trinajstić information content (AvgIpc) is 3.48. The Bertz CT molecular complexity index is 1410. The first-order chi connectivity index (χ1) is 17.9. The van der Waals surface area contributed by atoms with Crippen molar-refractivity contribution in [2.45, 2.75) is 12.5 Å². The number of ether oxygens (including phenoxy) is 1. The van der Waals surface area contributed by atoms with E-state index in [0.29, 0.717) is 26.7 Å². The Morgan fingerprint density at radius 3 is 2.14 bits per heavy atom. The number of esters is 1. The highest BCUT2D eigenvalue weighted by atomic mass is 35.5. The van der Waals surface area contributed by atoms with Crippen LogP contribution >= 0.6 is 22.9 Å². The van der Waals surface area contributed by atoms with E-state index in [1.165, 1.54) is 17.4 Å². The second-order valence-electron chi connectivity index (χ2n) is 8.08. The number of carbonyl (C=O) groups is 4. The molecule has 186 valence electrons. The van der Waals surface area contributed by atoms with Crippen molar-refractivity contribution in [1.29, 1.82) is 0 Å². The van der Waals surface area contributed by atoms with Gasteiger partial charge in [-0.25, -0.2) is 4.79 Å². The molecular weight excluding hydrogens is 510 g/mol. The summed E-state index contributed by atoms with van der Waals surface area (Å²) in [6, 6.07) is 24.0. The third-order valence-electron chi connectivity index (χ3n) is 5.50. The highest BCUT2D eigenvalue weighted by Gasteiger charge is 2.27. The molecule has 6 nitrogen and oxygen atoms in total. The summed E-state index contributed by atoms with van der Waals surface area (Å²) in [5.41, 5.74) is 1.41. The molecule has 0 saturated carbocycles. The van der Waals surface area contributed by atoms with Crippen LogP contribution in [0.25, 0.3) is 0 Å². The number of hydrogen-bond donors (Lipinski definition) is 1. The summed E-state index contributed by atoms with van der Waals surface area (Å²) in [5.74, 6) is -1.74. The number of hydrogen-bond acceptors (Lipinski definition) is 7. The van der Waals surface area contributed by atoms with Crippen LogP contribution < -0.4 is 5.32 Å². The second-order valence-corrected chi connectivity index (χ2v) is 9.47. The molecule has 1 heterocycles. The van der Waals surface area contributed by atoms with Gasteiger partial charge < -0.3 is 10.1 Å². The number of nitrogens with one attached hydrogen (secondary N) is 1. The Kier molecular flexibility index (Phi) is 8.61. The van der Waals surface area contributed by atoms with Gasteiger partial charge in [0.15, 0.2) is 18.2 Å². The van der Waals surface area contributed by atoms with E-state index in [2.05, 4.69) is 5.32 Å². The van der Waals surface area contributed by atoms with Gasteiger partial charge in [0.2, 0.25) is 5.78 Å². The first-order valence-electron chi connectivity index (χ1n) is 11.4. The lowest BCUT2D eigenvalue weighted by molar-refractivity contribution is -0.143. The Morgan fingerprint density at radius 2 is 1.49 bits per heavy atom. The minimum absolute atomic E-state index is 0.235. The average molecular weight is 532 g/mol. The van der Waals surface area contributed by atoms with Gasteiger partial charge in [-0.15, -0.1) is 11.3 Å². The molecule has 3 aromatic carbocycles. The fourth-order valence-corrected chi connectivity index (χ4v) is 4.45. The molecule has 1 aromatic heterocycles. The van der Waals surface area contributed by atoms with E-state index in [1.54, 1.807) is 90.3 Å². The number of thiophene rings is 1. The van der Waals surface area contributed by atoms with E-state index in [4.69, 9.17) is 16.3 Å². The summed E-state index contributed by atoms with van der Waals surface area (Å²) in [6.45, 7) is -0.465. The molecule has 4 aromatic rings. The Labute approximate surface area is 222 Å². The summed E-state index contributed by atoms with van der Waals surface area (Å²) in [4.78, 5) is 52.1. The molecule has 0 fully saturated rings. The van der Waals surface area contributed by atoms with Crippen molar-refractivity contribution in [3.63, 3.8) is 0 Å². The zero-order valence-corrected chi connectivity index (χ0v) is 21.1. The van der Waals surface area contributed by atoms with E-state index in [0.717, 1.165) is 0 Å². The molecule has 37 heavy (non-hydrogen) atoms. The molecule has 0 spiro atoms. The largest absolute Gasteiger partial charge is 0.456 e. The number of carbonyl (C=O) groups excluding carboxylic acids is 4. The molecule has 0 radical (unpaired) electrons. The lowest BCUT2D eigenvalue weighted by Crippen LogP contribution is -2.35. The van der Waals surface area contributed by atoms with Crippen LogP contribution in [0.5, 0.6) is 0 Å². The number of halogens is 1. The molecule has 8 heteroatoms. The van der Waals surface area contributed by atoms with E-state index in [1.807, 2.05) is 0 Å². The number of ketones is 3. The first kappa shape index (κ1) is 26.0. The summed E-state index contributed by atoms with van der Waals surface area (Å²) >= 11 is 7.43. The predicted molar refractivity (Wildman–Crippen MR) is 144 cm³/mol. The fourth-order valence-electron chi connectivity index (χ4n) is 3.63. The van der Waals surface area contributed by atoms with Gasteiger partial charge in [-0.1, -0.05) is 78.3 Å². The highest BCUT2D eigenvalue weighted by Crippen LogP contribution is 2.25. The van der Waals surface area contributed by atoms with Crippen LogP contribution in [-0.4, -0.2) is 36.0 Å². The van der Waals surface area contributed by atoms with Crippen molar-refractivity contribution in [2.75, 3.05) is 11.9 Å². The van der Waals surface area contributed by atoms with Crippen LogP contribution in [0.4, 0.5) is 5.69 Å². The molecule has 1 N–H and O–H groups in total. The van der Waals surface area contributed by atoms with Gasteiger partial charge in [0.25, 0.3) is 0 Å². The molecule has 0 amide bonds. The first-order valence-corrected chi connectivity index (χ1v) is 12.7. The number of rotatable bonds is 11. The molecule has 0 unspecified atom stereocenters. The van der Waals surface area contributed by atoms with Crippen molar-refractivity contribution < 1.29 is 23.9 Å². The Balaban J connectivity index is 1.59. The maximum atomic E-state index is 13.2.